The van der Waals surface area contributed by atoms with E-state index in [1.54, 1.807) is 11.5 Å². The highest BCUT2D eigenvalue weighted by atomic mass is 32.4. The van der Waals surface area contributed by atoms with Gasteiger partial charge < -0.3 is 20.3 Å². The molecule has 0 aliphatic carbocycles. The maximum absolute atomic E-state index is 11.0. The van der Waals surface area contributed by atoms with Gasteiger partial charge in [0.25, 0.3) is 0 Å². The van der Waals surface area contributed by atoms with Crippen molar-refractivity contribution in [2.45, 2.75) is 31.0 Å². The van der Waals surface area contributed by atoms with Gasteiger partial charge in [-0.05, 0) is 6.92 Å². The van der Waals surface area contributed by atoms with Gasteiger partial charge >= 0.3 is 7.15 Å². The molecule has 0 bridgehead atoms. The summed E-state index contributed by atoms with van der Waals surface area (Å²) < 4.78 is 23.6. The largest absolute Gasteiger partial charge is 0.522 e. The molecule has 0 radical (unpaired) electrons. The van der Waals surface area contributed by atoms with E-state index in [1.165, 1.54) is 13.4 Å². The fourth-order valence-electron chi connectivity index (χ4n) is 3.02. The number of fused-ring (bicyclic) bond motifs is 2. The minimum Gasteiger partial charge on any atom is -0.479 e. The molecule has 12 heteroatoms. The average molecular weight is 372 g/mol. The van der Waals surface area contributed by atoms with E-state index in [9.17, 15) is 5.11 Å². The van der Waals surface area contributed by atoms with Crippen LogP contribution in [-0.2, 0) is 25.6 Å². The average Bonchev–Trinajstić information content (AvgIpc) is 3.05. The number of hydrogen-bond donors (Lipinski definition) is 2. The zero-order chi connectivity index (χ0) is 17.1. The van der Waals surface area contributed by atoms with Gasteiger partial charge in [0.05, 0.1) is 13.4 Å². The zero-order valence-corrected chi connectivity index (χ0v) is 14.5. The van der Waals surface area contributed by atoms with E-state index in [-0.39, 0.29) is 18.4 Å². The Bertz CT molecular complexity index is 830. The van der Waals surface area contributed by atoms with Crippen LogP contribution in [0.3, 0.4) is 0 Å². The molecule has 10 nitrogen and oxygen atoms in total. The van der Waals surface area contributed by atoms with Crippen LogP contribution in [0.4, 0.5) is 5.95 Å². The van der Waals surface area contributed by atoms with Crippen LogP contribution in [0, 0.1) is 0 Å². The van der Waals surface area contributed by atoms with Crippen LogP contribution < -0.4 is 10.5 Å². The molecule has 3 N–H and O–H groups in total. The first kappa shape index (κ1) is 16.0. The zero-order valence-electron chi connectivity index (χ0n) is 12.8. The molecular formula is C12H15N5O5PS+. The molecule has 4 rings (SSSR count). The Hall–Kier alpha value is -1.49. The number of methoxy groups -OCH3 is 1. The van der Waals surface area contributed by atoms with Gasteiger partial charge in [0, 0.05) is 0 Å². The van der Waals surface area contributed by atoms with E-state index in [1.807, 2.05) is 0 Å². The standard InChI is InChI=1S/C12H15N5O5PS/c1-12(18)7-5(3-20-23(24)22-7)21-10(12)17-4-14-6-8(17)15-11(13)16-9(6)19-2/h4-5,7,10,18H,3H2,1-2H3,(H2,13,15,16)/q+1/t5-,7-,10-,12-/m1/s1. The summed E-state index contributed by atoms with van der Waals surface area (Å²) in [6, 6.07) is 0. The molecule has 5 atom stereocenters. The number of imidazole rings is 1. The highest BCUT2D eigenvalue weighted by Gasteiger charge is 2.60. The van der Waals surface area contributed by atoms with Gasteiger partial charge in [-0.3, -0.25) is 4.57 Å². The molecule has 1 unspecified atom stereocenters. The minimum absolute atomic E-state index is 0.0322. The van der Waals surface area contributed by atoms with Gasteiger partial charge in [0.1, 0.15) is 18.3 Å². The van der Waals surface area contributed by atoms with Gasteiger partial charge in [-0.1, -0.05) is 0 Å². The van der Waals surface area contributed by atoms with Crippen LogP contribution in [0.25, 0.3) is 11.2 Å². The van der Waals surface area contributed by atoms with E-state index < -0.39 is 31.2 Å². The molecule has 0 spiro atoms. The van der Waals surface area contributed by atoms with Gasteiger partial charge in [0.15, 0.2) is 23.5 Å². The highest BCUT2D eigenvalue weighted by molar-refractivity contribution is 8.00. The molecule has 2 aromatic heterocycles. The number of rotatable bonds is 2. The third-order valence-corrected chi connectivity index (χ3v) is 5.45. The maximum atomic E-state index is 11.0. The fourth-order valence-corrected chi connectivity index (χ4v) is 4.34. The summed E-state index contributed by atoms with van der Waals surface area (Å²) >= 11 is 5.06. The topological polar surface area (TPSA) is 127 Å². The Morgan fingerprint density at radius 2 is 2.33 bits per heavy atom. The monoisotopic (exact) mass is 372 g/mol. The van der Waals surface area contributed by atoms with E-state index >= 15 is 0 Å². The lowest BCUT2D eigenvalue weighted by Gasteiger charge is -2.27. The molecule has 0 aromatic carbocycles. The normalized spacial score (nSPS) is 34.5. The molecular weight excluding hydrogens is 357 g/mol. The van der Waals surface area contributed by atoms with Crippen LogP contribution in [-0.4, -0.2) is 56.2 Å². The second-order valence-corrected chi connectivity index (χ2v) is 7.52. The third-order valence-electron chi connectivity index (χ3n) is 4.11. The molecule has 2 fully saturated rings. The number of hydrogen-bond acceptors (Lipinski definition) is 10. The number of nitrogens with two attached hydrogens (primary N) is 1. The summed E-state index contributed by atoms with van der Waals surface area (Å²) in [5.74, 6) is 0.282. The summed E-state index contributed by atoms with van der Waals surface area (Å²) in [6.45, 7) is 1.89. The minimum atomic E-state index is -1.45. The van der Waals surface area contributed by atoms with Gasteiger partial charge in [-0.2, -0.15) is 9.97 Å². The van der Waals surface area contributed by atoms with Crippen molar-refractivity contribution in [2.24, 2.45) is 0 Å². The number of aliphatic hydroxyl groups is 1. The molecule has 2 saturated heterocycles. The lowest BCUT2D eigenvalue weighted by Crippen LogP contribution is -2.46. The lowest BCUT2D eigenvalue weighted by atomic mass is 9.96. The predicted molar refractivity (Wildman–Crippen MR) is 85.9 cm³/mol. The van der Waals surface area contributed by atoms with Crippen molar-refractivity contribution in [3.8, 4) is 5.88 Å². The summed E-state index contributed by atoms with van der Waals surface area (Å²) in [5.41, 5.74) is 5.19. The van der Waals surface area contributed by atoms with Crippen LogP contribution in [0.1, 0.15) is 13.2 Å². The van der Waals surface area contributed by atoms with Crippen LogP contribution in [0.2, 0.25) is 0 Å². The van der Waals surface area contributed by atoms with Crippen molar-refractivity contribution in [3.63, 3.8) is 0 Å². The number of nitrogen functional groups attached to an aromatic ring is 1. The second-order valence-electron chi connectivity index (χ2n) is 5.71. The SMILES string of the molecule is COc1nc(N)nc2c1ncn2[C@@H]1O[C@@H]2CO[P+](=S)O[C@H]2[C@@]1(C)O. The van der Waals surface area contributed by atoms with Gasteiger partial charge in [-0.15, -0.1) is 9.05 Å². The Labute approximate surface area is 142 Å². The molecule has 2 aromatic rings. The Kier molecular flexibility index (Phi) is 3.68. The first-order valence-corrected chi connectivity index (χ1v) is 9.29. The summed E-state index contributed by atoms with van der Waals surface area (Å²) in [7, 11) is 0.0133. The summed E-state index contributed by atoms with van der Waals surface area (Å²) in [6.07, 6.45) is -0.338. The van der Waals surface area contributed by atoms with Crippen LogP contribution >= 0.6 is 7.15 Å². The summed E-state index contributed by atoms with van der Waals surface area (Å²) in [5, 5.41) is 11.0. The molecule has 4 heterocycles. The number of anilines is 1. The van der Waals surface area contributed by atoms with E-state index in [2.05, 4.69) is 15.0 Å². The Morgan fingerprint density at radius 3 is 3.08 bits per heavy atom. The Balaban J connectivity index is 1.80. The first-order chi connectivity index (χ1) is 11.4. The van der Waals surface area contributed by atoms with Crippen molar-refractivity contribution in [1.82, 2.24) is 19.5 Å². The lowest BCUT2D eigenvalue weighted by molar-refractivity contribution is -0.0882. The molecule has 128 valence electrons. The van der Waals surface area contributed by atoms with Crippen molar-refractivity contribution in [3.05, 3.63) is 6.33 Å². The number of ether oxygens (including phenoxy) is 2. The van der Waals surface area contributed by atoms with Crippen LogP contribution in [0.5, 0.6) is 5.88 Å². The van der Waals surface area contributed by atoms with Gasteiger partial charge in [-0.25, -0.2) is 4.98 Å². The van der Waals surface area contributed by atoms with Crippen molar-refractivity contribution in [1.29, 1.82) is 0 Å². The van der Waals surface area contributed by atoms with E-state index in [0.717, 1.165) is 0 Å². The van der Waals surface area contributed by atoms with Crippen molar-refractivity contribution >= 4 is 36.1 Å². The predicted octanol–water partition coefficient (Wildman–Crippen LogP) is 0.255. The molecule has 0 saturated carbocycles. The third kappa shape index (κ3) is 2.28. The van der Waals surface area contributed by atoms with E-state index in [4.69, 9.17) is 36.1 Å². The molecule has 0 amide bonds. The second kappa shape index (κ2) is 5.51. The summed E-state index contributed by atoms with van der Waals surface area (Å²) in [4.78, 5) is 12.4. The molecule has 2 aliphatic rings. The highest BCUT2D eigenvalue weighted by Crippen LogP contribution is 2.48. The van der Waals surface area contributed by atoms with Gasteiger partial charge in [0.2, 0.25) is 23.6 Å². The van der Waals surface area contributed by atoms with Crippen LogP contribution in [0.15, 0.2) is 6.33 Å². The van der Waals surface area contributed by atoms with E-state index in [0.29, 0.717) is 11.2 Å². The Morgan fingerprint density at radius 1 is 1.54 bits per heavy atom. The maximum Gasteiger partial charge on any atom is 0.522 e. The van der Waals surface area contributed by atoms with Crippen molar-refractivity contribution in [2.75, 3.05) is 19.5 Å². The smallest absolute Gasteiger partial charge is 0.479 e. The number of aromatic nitrogens is 4. The van der Waals surface area contributed by atoms with Crippen molar-refractivity contribution < 1.29 is 23.6 Å². The quantitative estimate of drug-likeness (QED) is 0.708. The molecule has 24 heavy (non-hydrogen) atoms. The fraction of sp³-hybridized carbons (Fsp3) is 0.583. The first-order valence-electron chi connectivity index (χ1n) is 7.10. The number of nitrogens with zero attached hydrogens (tertiary/aromatic N) is 4. The molecule has 2 aliphatic heterocycles.